The molecule has 108 valence electrons. The average Bonchev–Trinajstić information content (AvgIpc) is 3.18. The highest BCUT2D eigenvalue weighted by molar-refractivity contribution is 5.14. The first-order valence-electron chi connectivity index (χ1n) is 8.40. The SMILES string of the molecule is CC1CCC(/C=C(/CNC2CC2)C2CCCCC2)O1. The molecule has 2 heteroatoms. The molecule has 2 atom stereocenters. The maximum atomic E-state index is 6.00. The summed E-state index contributed by atoms with van der Waals surface area (Å²) in [6.07, 6.45) is 15.7. The van der Waals surface area contributed by atoms with Crippen molar-refractivity contribution in [3.63, 3.8) is 0 Å². The van der Waals surface area contributed by atoms with Gasteiger partial charge in [0, 0.05) is 12.6 Å². The molecule has 3 fully saturated rings. The van der Waals surface area contributed by atoms with Gasteiger partial charge in [0.25, 0.3) is 0 Å². The largest absolute Gasteiger partial charge is 0.371 e. The number of hydrogen-bond acceptors (Lipinski definition) is 2. The molecule has 0 bridgehead atoms. The molecule has 2 saturated carbocycles. The monoisotopic (exact) mass is 263 g/mol. The Morgan fingerprint density at radius 3 is 2.47 bits per heavy atom. The topological polar surface area (TPSA) is 21.3 Å². The smallest absolute Gasteiger partial charge is 0.0763 e. The molecule has 1 saturated heterocycles. The van der Waals surface area contributed by atoms with Crippen molar-refractivity contribution in [2.75, 3.05) is 6.54 Å². The van der Waals surface area contributed by atoms with E-state index >= 15 is 0 Å². The fourth-order valence-electron chi connectivity index (χ4n) is 3.56. The quantitative estimate of drug-likeness (QED) is 0.762. The summed E-state index contributed by atoms with van der Waals surface area (Å²) in [7, 11) is 0. The molecule has 3 aliphatic rings. The molecule has 2 unspecified atom stereocenters. The van der Waals surface area contributed by atoms with Crippen LogP contribution in [0.2, 0.25) is 0 Å². The maximum Gasteiger partial charge on any atom is 0.0763 e. The van der Waals surface area contributed by atoms with E-state index in [1.165, 1.54) is 57.8 Å². The molecule has 0 aromatic carbocycles. The van der Waals surface area contributed by atoms with Crippen LogP contribution < -0.4 is 5.32 Å². The van der Waals surface area contributed by atoms with Crippen molar-refractivity contribution < 1.29 is 4.74 Å². The predicted molar refractivity (Wildman–Crippen MR) is 79.3 cm³/mol. The van der Waals surface area contributed by atoms with Crippen LogP contribution in [0.1, 0.15) is 64.7 Å². The van der Waals surface area contributed by atoms with Gasteiger partial charge < -0.3 is 10.1 Å². The minimum Gasteiger partial charge on any atom is -0.371 e. The van der Waals surface area contributed by atoms with Crippen molar-refractivity contribution in [3.8, 4) is 0 Å². The lowest BCUT2D eigenvalue weighted by molar-refractivity contribution is 0.0823. The van der Waals surface area contributed by atoms with E-state index in [2.05, 4.69) is 18.3 Å². The highest BCUT2D eigenvalue weighted by Gasteiger charge is 2.26. The summed E-state index contributed by atoms with van der Waals surface area (Å²) in [6.45, 7) is 3.32. The van der Waals surface area contributed by atoms with E-state index in [1.807, 2.05) is 0 Å². The second kappa shape index (κ2) is 6.41. The van der Waals surface area contributed by atoms with E-state index < -0.39 is 0 Å². The lowest BCUT2D eigenvalue weighted by atomic mass is 9.83. The zero-order chi connectivity index (χ0) is 13.1. The van der Waals surface area contributed by atoms with E-state index in [4.69, 9.17) is 4.74 Å². The minimum atomic E-state index is 0.396. The zero-order valence-corrected chi connectivity index (χ0v) is 12.4. The van der Waals surface area contributed by atoms with Gasteiger partial charge in [-0.05, 0) is 51.4 Å². The Balaban J connectivity index is 1.61. The van der Waals surface area contributed by atoms with Crippen LogP contribution in [0.4, 0.5) is 0 Å². The Labute approximate surface area is 118 Å². The van der Waals surface area contributed by atoms with E-state index in [9.17, 15) is 0 Å². The summed E-state index contributed by atoms with van der Waals surface area (Å²) >= 11 is 0. The standard InChI is InChI=1S/C17H29NO/c1-13-7-10-17(19-13)11-15(12-18-16-8-9-16)14-5-3-2-4-6-14/h11,13-14,16-18H,2-10,12H2,1H3/b15-11-. The van der Waals surface area contributed by atoms with E-state index in [-0.39, 0.29) is 0 Å². The highest BCUT2D eigenvalue weighted by Crippen LogP contribution is 2.32. The van der Waals surface area contributed by atoms with Gasteiger partial charge >= 0.3 is 0 Å². The third-order valence-corrected chi connectivity index (χ3v) is 4.97. The molecule has 0 radical (unpaired) electrons. The Morgan fingerprint density at radius 2 is 1.84 bits per heavy atom. The predicted octanol–water partition coefficient (Wildman–Crippen LogP) is 3.81. The molecule has 3 rings (SSSR count). The molecule has 2 nitrogen and oxygen atoms in total. The Morgan fingerprint density at radius 1 is 1.05 bits per heavy atom. The van der Waals surface area contributed by atoms with Crippen molar-refractivity contribution in [1.82, 2.24) is 5.32 Å². The second-order valence-corrected chi connectivity index (χ2v) is 6.79. The van der Waals surface area contributed by atoms with E-state index in [0.29, 0.717) is 12.2 Å². The van der Waals surface area contributed by atoms with Crippen LogP contribution in [0.25, 0.3) is 0 Å². The average molecular weight is 263 g/mol. The van der Waals surface area contributed by atoms with Gasteiger partial charge in [-0.1, -0.05) is 30.9 Å². The lowest BCUT2D eigenvalue weighted by Crippen LogP contribution is -2.25. The first kappa shape index (κ1) is 13.6. The van der Waals surface area contributed by atoms with Gasteiger partial charge in [-0.3, -0.25) is 0 Å². The normalized spacial score (nSPS) is 33.8. The summed E-state index contributed by atoms with van der Waals surface area (Å²) in [6, 6.07) is 0.815. The summed E-state index contributed by atoms with van der Waals surface area (Å²) in [5, 5.41) is 3.72. The van der Waals surface area contributed by atoms with Crippen molar-refractivity contribution in [2.24, 2.45) is 5.92 Å². The lowest BCUT2D eigenvalue weighted by Gasteiger charge is -2.26. The van der Waals surface area contributed by atoms with Crippen LogP contribution in [0.3, 0.4) is 0 Å². The van der Waals surface area contributed by atoms with E-state index in [1.54, 1.807) is 5.57 Å². The van der Waals surface area contributed by atoms with Gasteiger partial charge in [0.2, 0.25) is 0 Å². The van der Waals surface area contributed by atoms with Gasteiger partial charge in [0.15, 0.2) is 0 Å². The molecule has 1 N–H and O–H groups in total. The van der Waals surface area contributed by atoms with Crippen molar-refractivity contribution in [1.29, 1.82) is 0 Å². The minimum absolute atomic E-state index is 0.396. The third-order valence-electron chi connectivity index (χ3n) is 4.97. The van der Waals surface area contributed by atoms with Gasteiger partial charge in [-0.15, -0.1) is 0 Å². The first-order valence-corrected chi connectivity index (χ1v) is 8.40. The zero-order valence-electron chi connectivity index (χ0n) is 12.4. The third kappa shape index (κ3) is 4.06. The Kier molecular flexibility index (Phi) is 4.60. The number of ether oxygens (including phenoxy) is 1. The van der Waals surface area contributed by atoms with Crippen LogP contribution in [0, 0.1) is 5.92 Å². The summed E-state index contributed by atoms with van der Waals surface area (Å²) < 4.78 is 6.00. The van der Waals surface area contributed by atoms with Crippen molar-refractivity contribution >= 4 is 0 Å². The van der Waals surface area contributed by atoms with Crippen LogP contribution >= 0.6 is 0 Å². The summed E-state index contributed by atoms with van der Waals surface area (Å²) in [5.74, 6) is 0.833. The van der Waals surface area contributed by atoms with Crippen LogP contribution in [0.5, 0.6) is 0 Å². The first-order chi connectivity index (χ1) is 9.31. The van der Waals surface area contributed by atoms with Crippen LogP contribution in [0.15, 0.2) is 11.6 Å². The second-order valence-electron chi connectivity index (χ2n) is 6.79. The van der Waals surface area contributed by atoms with Gasteiger partial charge in [0.1, 0.15) is 0 Å². The van der Waals surface area contributed by atoms with Gasteiger partial charge in [-0.2, -0.15) is 0 Å². The summed E-state index contributed by atoms with van der Waals surface area (Å²) in [4.78, 5) is 0. The van der Waals surface area contributed by atoms with Crippen molar-refractivity contribution in [3.05, 3.63) is 11.6 Å². The number of nitrogens with one attached hydrogen (secondary N) is 1. The maximum absolute atomic E-state index is 6.00. The Hall–Kier alpha value is -0.340. The van der Waals surface area contributed by atoms with Gasteiger partial charge in [0.05, 0.1) is 12.2 Å². The molecular formula is C17H29NO. The molecule has 1 aliphatic heterocycles. The Bertz CT molecular complexity index is 315. The molecule has 19 heavy (non-hydrogen) atoms. The number of hydrogen-bond donors (Lipinski definition) is 1. The molecular weight excluding hydrogens is 234 g/mol. The molecule has 0 spiro atoms. The molecule has 0 amide bonds. The molecule has 0 aromatic heterocycles. The molecule has 1 heterocycles. The molecule has 0 aromatic rings. The fourth-order valence-corrected chi connectivity index (χ4v) is 3.56. The highest BCUT2D eigenvalue weighted by atomic mass is 16.5. The van der Waals surface area contributed by atoms with Crippen LogP contribution in [-0.2, 0) is 4.74 Å². The number of rotatable bonds is 5. The molecule has 2 aliphatic carbocycles. The van der Waals surface area contributed by atoms with E-state index in [0.717, 1.165) is 18.5 Å². The van der Waals surface area contributed by atoms with Crippen LogP contribution in [-0.4, -0.2) is 24.8 Å². The van der Waals surface area contributed by atoms with Gasteiger partial charge in [-0.25, -0.2) is 0 Å². The van der Waals surface area contributed by atoms with Crippen molar-refractivity contribution in [2.45, 2.75) is 83.0 Å². The summed E-state index contributed by atoms with van der Waals surface area (Å²) in [5.41, 5.74) is 1.66. The fraction of sp³-hybridized carbons (Fsp3) is 0.882.